The summed E-state index contributed by atoms with van der Waals surface area (Å²) < 4.78 is 5.20. The maximum atomic E-state index is 12.6. The smallest absolute Gasteiger partial charge is 0.229 e. The Balaban J connectivity index is 1.73. The topological polar surface area (TPSA) is 58.6 Å². The molecule has 2 aromatic carbocycles. The number of rotatable bonds is 4. The fourth-order valence-corrected chi connectivity index (χ4v) is 3.06. The van der Waals surface area contributed by atoms with Crippen molar-refractivity contribution < 1.29 is 14.3 Å². The summed E-state index contributed by atoms with van der Waals surface area (Å²) in [6.07, 6.45) is 0.183. The minimum Gasteiger partial charge on any atom is -0.497 e. The van der Waals surface area contributed by atoms with Gasteiger partial charge in [0.2, 0.25) is 11.8 Å². The van der Waals surface area contributed by atoms with Gasteiger partial charge in [-0.2, -0.15) is 0 Å². The van der Waals surface area contributed by atoms with Gasteiger partial charge in [0.15, 0.2) is 0 Å². The predicted molar refractivity (Wildman–Crippen MR) is 98.3 cm³/mol. The molecule has 1 heterocycles. The van der Waals surface area contributed by atoms with Gasteiger partial charge in [0.05, 0.1) is 13.0 Å². The highest BCUT2D eigenvalue weighted by Crippen LogP contribution is 2.29. The van der Waals surface area contributed by atoms with Crippen LogP contribution in [0, 0.1) is 12.8 Å². The Bertz CT molecular complexity index is 822. The molecule has 0 bridgehead atoms. The minimum absolute atomic E-state index is 0.0729. The SMILES string of the molecule is COc1cccc(N2C[C@@H](C(=O)Nc3cccc(Cl)c3C)CC2=O)c1. The normalized spacial score (nSPS) is 16.8. The number of methoxy groups -OCH3 is 1. The summed E-state index contributed by atoms with van der Waals surface area (Å²) >= 11 is 6.09. The van der Waals surface area contributed by atoms with Crippen molar-refractivity contribution in [3.63, 3.8) is 0 Å². The van der Waals surface area contributed by atoms with Crippen LogP contribution in [0.5, 0.6) is 5.75 Å². The lowest BCUT2D eigenvalue weighted by molar-refractivity contribution is -0.122. The van der Waals surface area contributed by atoms with Crippen LogP contribution in [-0.2, 0) is 9.59 Å². The van der Waals surface area contributed by atoms with Gasteiger partial charge >= 0.3 is 0 Å². The standard InChI is InChI=1S/C19H19ClN2O3/c1-12-16(20)7-4-8-17(12)21-19(24)13-9-18(23)22(11-13)14-5-3-6-15(10-14)25-2/h3-8,10,13H,9,11H2,1-2H3,(H,21,24)/t13-/m0/s1. The second-order valence-corrected chi connectivity index (χ2v) is 6.42. The first kappa shape index (κ1) is 17.3. The molecular formula is C19H19ClN2O3. The van der Waals surface area contributed by atoms with Gasteiger partial charge in [-0.25, -0.2) is 0 Å². The van der Waals surface area contributed by atoms with Crippen LogP contribution in [0.3, 0.4) is 0 Å². The highest BCUT2D eigenvalue weighted by atomic mass is 35.5. The van der Waals surface area contributed by atoms with E-state index in [4.69, 9.17) is 16.3 Å². The number of hydrogen-bond acceptors (Lipinski definition) is 3. The lowest BCUT2D eigenvalue weighted by atomic mass is 10.1. The van der Waals surface area contributed by atoms with E-state index in [1.165, 1.54) is 0 Å². The largest absolute Gasteiger partial charge is 0.497 e. The number of nitrogens with zero attached hydrogens (tertiary/aromatic N) is 1. The van der Waals surface area contributed by atoms with Gasteiger partial charge in [0, 0.05) is 35.4 Å². The van der Waals surface area contributed by atoms with E-state index < -0.39 is 5.92 Å². The third-order valence-corrected chi connectivity index (χ3v) is 4.80. The van der Waals surface area contributed by atoms with Crippen LogP contribution in [0.15, 0.2) is 42.5 Å². The van der Waals surface area contributed by atoms with Gasteiger partial charge < -0.3 is 15.0 Å². The second kappa shape index (κ2) is 7.15. The fourth-order valence-electron chi connectivity index (χ4n) is 2.89. The van der Waals surface area contributed by atoms with Gasteiger partial charge in [-0.3, -0.25) is 9.59 Å². The van der Waals surface area contributed by atoms with Crippen LogP contribution in [-0.4, -0.2) is 25.5 Å². The molecule has 1 N–H and O–H groups in total. The summed E-state index contributed by atoms with van der Waals surface area (Å²) in [4.78, 5) is 26.5. The maximum Gasteiger partial charge on any atom is 0.229 e. The van der Waals surface area contributed by atoms with Gasteiger partial charge in [-0.1, -0.05) is 23.7 Å². The van der Waals surface area contributed by atoms with E-state index >= 15 is 0 Å². The Morgan fingerprint density at radius 3 is 2.80 bits per heavy atom. The Hall–Kier alpha value is -2.53. The van der Waals surface area contributed by atoms with Crippen molar-refractivity contribution in [2.75, 3.05) is 23.9 Å². The van der Waals surface area contributed by atoms with Crippen LogP contribution in [0.4, 0.5) is 11.4 Å². The van der Waals surface area contributed by atoms with Gasteiger partial charge in [0.25, 0.3) is 0 Å². The lowest BCUT2D eigenvalue weighted by Crippen LogP contribution is -2.28. The summed E-state index contributed by atoms with van der Waals surface area (Å²) in [7, 11) is 1.58. The first-order chi connectivity index (χ1) is 12.0. The molecule has 0 unspecified atom stereocenters. The fraction of sp³-hybridized carbons (Fsp3) is 0.263. The zero-order chi connectivity index (χ0) is 18.0. The molecule has 0 saturated carbocycles. The van der Waals surface area contributed by atoms with Crippen molar-refractivity contribution in [3.05, 3.63) is 53.1 Å². The molecule has 1 aliphatic heterocycles. The molecule has 25 heavy (non-hydrogen) atoms. The predicted octanol–water partition coefficient (Wildman–Crippen LogP) is 3.65. The van der Waals surface area contributed by atoms with Crippen LogP contribution >= 0.6 is 11.6 Å². The average Bonchev–Trinajstić information content (AvgIpc) is 3.01. The quantitative estimate of drug-likeness (QED) is 0.907. The summed E-state index contributed by atoms with van der Waals surface area (Å²) in [5.74, 6) is 0.0187. The molecular weight excluding hydrogens is 340 g/mol. The third-order valence-electron chi connectivity index (χ3n) is 4.39. The van der Waals surface area contributed by atoms with Gasteiger partial charge in [0.1, 0.15) is 5.75 Å². The monoisotopic (exact) mass is 358 g/mol. The Morgan fingerprint density at radius 2 is 2.04 bits per heavy atom. The van der Waals surface area contributed by atoms with Crippen molar-refractivity contribution in [1.82, 2.24) is 0 Å². The number of ether oxygens (including phenoxy) is 1. The number of amides is 2. The van der Waals surface area contributed by atoms with Crippen molar-refractivity contribution in [2.24, 2.45) is 5.92 Å². The highest BCUT2D eigenvalue weighted by Gasteiger charge is 2.35. The van der Waals surface area contributed by atoms with E-state index in [1.54, 1.807) is 36.3 Å². The van der Waals surface area contributed by atoms with E-state index in [0.29, 0.717) is 23.0 Å². The third kappa shape index (κ3) is 3.61. The minimum atomic E-state index is -0.405. The first-order valence-corrected chi connectivity index (χ1v) is 8.38. The molecule has 3 rings (SSSR count). The van der Waals surface area contributed by atoms with E-state index in [0.717, 1.165) is 11.3 Å². The molecule has 2 aromatic rings. The van der Waals surface area contributed by atoms with E-state index in [9.17, 15) is 9.59 Å². The Kier molecular flexibility index (Phi) is 4.95. The zero-order valence-corrected chi connectivity index (χ0v) is 14.8. The van der Waals surface area contributed by atoms with Crippen LogP contribution in [0.25, 0.3) is 0 Å². The number of anilines is 2. The van der Waals surface area contributed by atoms with Crippen molar-refractivity contribution in [2.45, 2.75) is 13.3 Å². The summed E-state index contributed by atoms with van der Waals surface area (Å²) in [6.45, 7) is 2.19. The molecule has 5 nitrogen and oxygen atoms in total. The first-order valence-electron chi connectivity index (χ1n) is 8.00. The maximum absolute atomic E-state index is 12.6. The lowest BCUT2D eigenvalue weighted by Gasteiger charge is -2.17. The Labute approximate surface area is 151 Å². The summed E-state index contributed by atoms with van der Waals surface area (Å²) in [5.41, 5.74) is 2.22. The van der Waals surface area contributed by atoms with Crippen LogP contribution in [0.2, 0.25) is 5.02 Å². The number of nitrogens with one attached hydrogen (secondary N) is 1. The molecule has 1 fully saturated rings. The average molecular weight is 359 g/mol. The number of benzene rings is 2. The van der Waals surface area contributed by atoms with E-state index in [2.05, 4.69) is 5.32 Å². The highest BCUT2D eigenvalue weighted by molar-refractivity contribution is 6.31. The molecule has 1 atom stereocenters. The summed E-state index contributed by atoms with van der Waals surface area (Å²) in [6, 6.07) is 12.6. The van der Waals surface area contributed by atoms with Gasteiger partial charge in [-0.05, 0) is 36.8 Å². The van der Waals surface area contributed by atoms with Crippen LogP contribution in [0.1, 0.15) is 12.0 Å². The zero-order valence-electron chi connectivity index (χ0n) is 14.1. The Morgan fingerprint density at radius 1 is 1.28 bits per heavy atom. The molecule has 0 spiro atoms. The number of carbonyl (C=O) groups is 2. The van der Waals surface area contributed by atoms with Crippen molar-refractivity contribution in [3.8, 4) is 5.75 Å². The number of halogens is 1. The number of carbonyl (C=O) groups excluding carboxylic acids is 2. The molecule has 0 radical (unpaired) electrons. The summed E-state index contributed by atoms with van der Waals surface area (Å²) in [5, 5.41) is 3.48. The number of hydrogen-bond donors (Lipinski definition) is 1. The molecule has 0 aromatic heterocycles. The molecule has 6 heteroatoms. The molecule has 1 saturated heterocycles. The van der Waals surface area contributed by atoms with Gasteiger partial charge in [-0.15, -0.1) is 0 Å². The van der Waals surface area contributed by atoms with Crippen LogP contribution < -0.4 is 15.0 Å². The molecule has 2 amide bonds. The van der Waals surface area contributed by atoms with Crippen molar-refractivity contribution in [1.29, 1.82) is 0 Å². The second-order valence-electron chi connectivity index (χ2n) is 6.01. The molecule has 0 aliphatic carbocycles. The van der Waals surface area contributed by atoms with E-state index in [-0.39, 0.29) is 18.2 Å². The van der Waals surface area contributed by atoms with E-state index in [1.807, 2.05) is 25.1 Å². The molecule has 130 valence electrons. The molecule has 1 aliphatic rings. The van der Waals surface area contributed by atoms with Crippen molar-refractivity contribution >= 4 is 34.8 Å².